The summed E-state index contributed by atoms with van der Waals surface area (Å²) >= 11 is 15.3. The van der Waals surface area contributed by atoms with Crippen molar-refractivity contribution in [2.45, 2.75) is 5.22 Å². The first-order chi connectivity index (χ1) is 12.7. The summed E-state index contributed by atoms with van der Waals surface area (Å²) in [5, 5.41) is 11.0. The number of hydrogen-bond acceptors (Lipinski definition) is 6. The van der Waals surface area contributed by atoms with Gasteiger partial charge in [-0.3, -0.25) is 0 Å². The predicted molar refractivity (Wildman–Crippen MR) is 108 cm³/mol. The lowest BCUT2D eigenvalue weighted by Crippen LogP contribution is -1.99. The highest BCUT2D eigenvalue weighted by atomic mass is 35.5. The first-order valence-electron chi connectivity index (χ1n) is 7.73. The number of hydrogen-bond donors (Lipinski definition) is 0. The fourth-order valence-electron chi connectivity index (χ4n) is 2.33. The molecule has 2 aromatic carbocycles. The molecule has 0 fully saturated rings. The molecule has 0 N–H and O–H groups in total. The lowest BCUT2D eigenvalue weighted by molar-refractivity contribution is 0.343. The maximum absolute atomic E-state index is 6.45. The van der Waals surface area contributed by atoms with Gasteiger partial charge in [0.2, 0.25) is 0 Å². The summed E-state index contributed by atoms with van der Waals surface area (Å²) in [7, 11) is 0. The van der Waals surface area contributed by atoms with Gasteiger partial charge < -0.3 is 9.15 Å². The number of nitrogens with zero attached hydrogens (tertiary/aromatic N) is 2. The van der Waals surface area contributed by atoms with E-state index in [0.29, 0.717) is 33.5 Å². The topological polar surface area (TPSA) is 48.2 Å². The average Bonchev–Trinajstić information content (AvgIpc) is 3.25. The zero-order valence-corrected chi connectivity index (χ0v) is 16.5. The van der Waals surface area contributed by atoms with E-state index in [0.717, 1.165) is 20.7 Å². The monoisotopic (exact) mass is 422 g/mol. The molecule has 0 saturated carbocycles. The van der Waals surface area contributed by atoms with Crippen molar-refractivity contribution >= 4 is 56.4 Å². The minimum atomic E-state index is 0.442. The Balaban J connectivity index is 1.38. The molecule has 0 saturated heterocycles. The van der Waals surface area contributed by atoms with E-state index in [-0.39, 0.29) is 0 Å². The lowest BCUT2D eigenvalue weighted by atomic mass is 10.2. The summed E-state index contributed by atoms with van der Waals surface area (Å²) in [5.41, 5.74) is 0. The van der Waals surface area contributed by atoms with Crippen molar-refractivity contribution in [1.82, 2.24) is 10.2 Å². The Morgan fingerprint density at radius 3 is 2.65 bits per heavy atom. The highest BCUT2D eigenvalue weighted by Gasteiger charge is 2.17. The van der Waals surface area contributed by atoms with E-state index >= 15 is 0 Å². The van der Waals surface area contributed by atoms with Crippen molar-refractivity contribution in [2.75, 3.05) is 12.4 Å². The summed E-state index contributed by atoms with van der Waals surface area (Å²) in [6.07, 6.45) is 0. The highest BCUT2D eigenvalue weighted by Crippen LogP contribution is 2.41. The van der Waals surface area contributed by atoms with Crippen LogP contribution < -0.4 is 4.74 Å². The normalized spacial score (nSPS) is 11.2. The number of thioether (sulfide) groups is 1. The van der Waals surface area contributed by atoms with Crippen LogP contribution in [0.4, 0.5) is 0 Å². The van der Waals surface area contributed by atoms with E-state index < -0.39 is 0 Å². The number of fused-ring (bicyclic) bond motifs is 1. The van der Waals surface area contributed by atoms with Crippen LogP contribution in [-0.2, 0) is 0 Å². The van der Waals surface area contributed by atoms with E-state index in [1.807, 2.05) is 36.4 Å². The molecule has 0 spiro atoms. The summed E-state index contributed by atoms with van der Waals surface area (Å²) in [6, 6.07) is 15.2. The molecular weight excluding hydrogens is 411 g/mol. The second kappa shape index (κ2) is 7.88. The standard InChI is InChI=1S/C18H12Cl2N2O2S2/c19-11-5-7-12(8-6-11)23-9-10-25-18-22-21-17(24-18)16-15(20)13-3-1-2-4-14(13)26-16/h1-8H,9-10H2. The summed E-state index contributed by atoms with van der Waals surface area (Å²) in [6.45, 7) is 0.521. The van der Waals surface area contributed by atoms with E-state index in [1.165, 1.54) is 11.8 Å². The number of ether oxygens (including phenoxy) is 1. The zero-order valence-electron chi connectivity index (χ0n) is 13.3. The van der Waals surface area contributed by atoms with Crippen molar-refractivity contribution < 1.29 is 9.15 Å². The molecular formula is C18H12Cl2N2O2S2. The summed E-state index contributed by atoms with van der Waals surface area (Å²) in [5.74, 6) is 1.90. The van der Waals surface area contributed by atoms with Gasteiger partial charge in [0.15, 0.2) is 0 Å². The van der Waals surface area contributed by atoms with E-state index in [1.54, 1.807) is 23.5 Å². The predicted octanol–water partition coefficient (Wildman–Crippen LogP) is 6.43. The summed E-state index contributed by atoms with van der Waals surface area (Å²) < 4.78 is 12.5. The molecule has 0 amide bonds. The summed E-state index contributed by atoms with van der Waals surface area (Å²) in [4.78, 5) is 0.796. The molecule has 132 valence electrons. The molecule has 4 rings (SSSR count). The van der Waals surface area contributed by atoms with Gasteiger partial charge in [-0.05, 0) is 30.3 Å². The average molecular weight is 423 g/mol. The Bertz CT molecular complexity index is 1030. The van der Waals surface area contributed by atoms with Crippen LogP contribution in [0.3, 0.4) is 0 Å². The number of aromatic nitrogens is 2. The Kier molecular flexibility index (Phi) is 5.36. The first-order valence-corrected chi connectivity index (χ1v) is 10.3. The SMILES string of the molecule is Clc1ccc(OCCSc2nnc(-c3sc4ccccc4c3Cl)o2)cc1. The van der Waals surface area contributed by atoms with Crippen LogP contribution in [0.1, 0.15) is 0 Å². The van der Waals surface area contributed by atoms with Gasteiger partial charge in [0, 0.05) is 20.9 Å². The number of rotatable bonds is 6. The Hall–Kier alpha value is -1.73. The first kappa shape index (κ1) is 17.7. The molecule has 2 heterocycles. The number of halogens is 2. The van der Waals surface area contributed by atoms with Gasteiger partial charge in [0.05, 0.1) is 11.6 Å². The Morgan fingerprint density at radius 1 is 1.04 bits per heavy atom. The fraction of sp³-hybridized carbons (Fsp3) is 0.111. The minimum Gasteiger partial charge on any atom is -0.493 e. The van der Waals surface area contributed by atoms with Crippen LogP contribution in [0.15, 0.2) is 58.2 Å². The third-order valence-electron chi connectivity index (χ3n) is 3.53. The van der Waals surface area contributed by atoms with Crippen molar-refractivity contribution in [2.24, 2.45) is 0 Å². The molecule has 8 heteroatoms. The van der Waals surface area contributed by atoms with Crippen LogP contribution in [0.2, 0.25) is 10.0 Å². The van der Waals surface area contributed by atoms with Gasteiger partial charge in [0.25, 0.3) is 11.1 Å². The Labute approximate surface area is 168 Å². The van der Waals surface area contributed by atoms with Gasteiger partial charge in [-0.25, -0.2) is 0 Å². The van der Waals surface area contributed by atoms with Crippen LogP contribution in [-0.4, -0.2) is 22.6 Å². The molecule has 4 nitrogen and oxygen atoms in total. The van der Waals surface area contributed by atoms with Crippen molar-refractivity contribution in [3.05, 3.63) is 58.6 Å². The van der Waals surface area contributed by atoms with Gasteiger partial charge in [0.1, 0.15) is 10.6 Å². The lowest BCUT2D eigenvalue weighted by Gasteiger charge is -2.04. The molecule has 0 aliphatic rings. The van der Waals surface area contributed by atoms with Crippen molar-refractivity contribution in [3.63, 3.8) is 0 Å². The van der Waals surface area contributed by atoms with Gasteiger partial charge in [-0.2, -0.15) is 0 Å². The molecule has 0 aliphatic carbocycles. The number of benzene rings is 2. The third kappa shape index (κ3) is 3.83. The van der Waals surface area contributed by atoms with Gasteiger partial charge in [-0.1, -0.05) is 53.2 Å². The largest absolute Gasteiger partial charge is 0.493 e. The second-order valence-corrected chi connectivity index (χ2v) is 8.18. The maximum Gasteiger partial charge on any atom is 0.277 e. The van der Waals surface area contributed by atoms with E-state index in [4.69, 9.17) is 32.4 Å². The molecule has 0 radical (unpaired) electrons. The third-order valence-corrected chi connectivity index (χ3v) is 6.22. The van der Waals surface area contributed by atoms with E-state index in [2.05, 4.69) is 10.2 Å². The van der Waals surface area contributed by atoms with Gasteiger partial charge >= 0.3 is 0 Å². The Morgan fingerprint density at radius 2 is 1.85 bits per heavy atom. The molecule has 0 atom stereocenters. The maximum atomic E-state index is 6.45. The van der Waals surface area contributed by atoms with Crippen molar-refractivity contribution in [3.8, 4) is 16.5 Å². The van der Waals surface area contributed by atoms with Crippen molar-refractivity contribution in [1.29, 1.82) is 0 Å². The van der Waals surface area contributed by atoms with Crippen LogP contribution in [0.25, 0.3) is 20.9 Å². The smallest absolute Gasteiger partial charge is 0.277 e. The molecule has 26 heavy (non-hydrogen) atoms. The molecule has 2 aromatic heterocycles. The molecule has 0 bridgehead atoms. The highest BCUT2D eigenvalue weighted by molar-refractivity contribution is 7.99. The van der Waals surface area contributed by atoms with E-state index in [9.17, 15) is 0 Å². The molecule has 4 aromatic rings. The van der Waals surface area contributed by atoms with Crippen LogP contribution in [0, 0.1) is 0 Å². The fourth-order valence-corrected chi connectivity index (χ4v) is 4.47. The molecule has 0 aliphatic heterocycles. The van der Waals surface area contributed by atoms with Crippen LogP contribution >= 0.6 is 46.3 Å². The molecule has 0 unspecified atom stereocenters. The number of thiophene rings is 1. The van der Waals surface area contributed by atoms with Gasteiger partial charge in [-0.15, -0.1) is 21.5 Å². The minimum absolute atomic E-state index is 0.442. The van der Waals surface area contributed by atoms with Crippen LogP contribution in [0.5, 0.6) is 5.75 Å². The zero-order chi connectivity index (χ0) is 17.9. The second-order valence-electron chi connectivity index (χ2n) is 5.27. The quantitative estimate of drug-likeness (QED) is 0.264.